The quantitative estimate of drug-likeness (QED) is 0.808. The van der Waals surface area contributed by atoms with E-state index in [2.05, 4.69) is 10.0 Å². The first kappa shape index (κ1) is 17.2. The van der Waals surface area contributed by atoms with E-state index in [1.807, 2.05) is 0 Å². The molecule has 1 aliphatic rings. The molecule has 124 valence electrons. The molecule has 0 radical (unpaired) electrons. The Kier molecular flexibility index (Phi) is 5.08. The van der Waals surface area contributed by atoms with Crippen molar-refractivity contribution in [2.45, 2.75) is 23.9 Å². The van der Waals surface area contributed by atoms with E-state index in [9.17, 15) is 26.0 Å². The van der Waals surface area contributed by atoms with Crippen LogP contribution in [0.15, 0.2) is 23.1 Å². The van der Waals surface area contributed by atoms with Gasteiger partial charge >= 0.3 is 6.18 Å². The molecule has 1 aromatic rings. The molecule has 2 N–H and O–H groups in total. The molecule has 1 aromatic carbocycles. The van der Waals surface area contributed by atoms with Crippen molar-refractivity contribution < 1.29 is 26.0 Å². The molecule has 1 saturated heterocycles. The Morgan fingerprint density at radius 2 is 2.05 bits per heavy atom. The van der Waals surface area contributed by atoms with Crippen LogP contribution in [0.2, 0.25) is 0 Å². The van der Waals surface area contributed by atoms with Gasteiger partial charge in [0.2, 0.25) is 10.0 Å². The van der Waals surface area contributed by atoms with Crippen LogP contribution >= 0.6 is 0 Å². The smallest absolute Gasteiger partial charge is 0.316 e. The maximum absolute atomic E-state index is 13.0. The molecule has 1 fully saturated rings. The highest BCUT2D eigenvalue weighted by Crippen LogP contribution is 2.34. The fourth-order valence-electron chi connectivity index (χ4n) is 2.39. The van der Waals surface area contributed by atoms with Crippen molar-refractivity contribution in [3.8, 4) is 0 Å². The van der Waals surface area contributed by atoms with Crippen LogP contribution in [0.4, 0.5) is 17.6 Å². The Balaban J connectivity index is 2.14. The van der Waals surface area contributed by atoms with Crippen molar-refractivity contribution in [1.29, 1.82) is 0 Å². The number of alkyl halides is 3. The molecule has 1 unspecified atom stereocenters. The zero-order valence-electron chi connectivity index (χ0n) is 11.6. The van der Waals surface area contributed by atoms with Gasteiger partial charge in [0.15, 0.2) is 0 Å². The third kappa shape index (κ3) is 4.17. The molecule has 1 atom stereocenters. The minimum Gasteiger partial charge on any atom is -0.316 e. The second-order valence-corrected chi connectivity index (χ2v) is 6.92. The van der Waals surface area contributed by atoms with Crippen molar-refractivity contribution in [1.82, 2.24) is 10.0 Å². The summed E-state index contributed by atoms with van der Waals surface area (Å²) in [6, 6.07) is 1.53. The standard InChI is InChI=1S/C13H16F4N2O2S/c14-10-1-2-12(11(7-10)13(15,16)17)22(20,21)19-6-4-9-3-5-18-8-9/h1-2,7,9,18-19H,3-6,8H2. The molecular weight excluding hydrogens is 324 g/mol. The van der Waals surface area contributed by atoms with Gasteiger partial charge in [0.25, 0.3) is 0 Å². The molecule has 1 aliphatic heterocycles. The minimum absolute atomic E-state index is 0.0450. The summed E-state index contributed by atoms with van der Waals surface area (Å²) in [5.74, 6) is -0.832. The molecule has 2 rings (SSSR count). The van der Waals surface area contributed by atoms with E-state index in [0.717, 1.165) is 19.5 Å². The van der Waals surface area contributed by atoms with E-state index in [1.54, 1.807) is 0 Å². The third-order valence-corrected chi connectivity index (χ3v) is 5.06. The molecule has 9 heteroatoms. The number of benzene rings is 1. The Labute approximate surface area is 126 Å². The lowest BCUT2D eigenvalue weighted by atomic mass is 10.1. The van der Waals surface area contributed by atoms with Gasteiger partial charge in [-0.3, -0.25) is 0 Å². The van der Waals surface area contributed by atoms with Gasteiger partial charge in [-0.2, -0.15) is 13.2 Å². The van der Waals surface area contributed by atoms with E-state index in [1.165, 1.54) is 0 Å². The normalized spacial score (nSPS) is 19.5. The van der Waals surface area contributed by atoms with Gasteiger partial charge in [0, 0.05) is 6.54 Å². The molecule has 4 nitrogen and oxygen atoms in total. The largest absolute Gasteiger partial charge is 0.417 e. The predicted molar refractivity (Wildman–Crippen MR) is 72.2 cm³/mol. The Morgan fingerprint density at radius 3 is 2.64 bits per heavy atom. The molecule has 0 amide bonds. The fourth-order valence-corrected chi connectivity index (χ4v) is 3.65. The first-order chi connectivity index (χ1) is 10.2. The van der Waals surface area contributed by atoms with Gasteiger partial charge < -0.3 is 5.32 Å². The first-order valence-corrected chi connectivity index (χ1v) is 8.25. The fraction of sp³-hybridized carbons (Fsp3) is 0.538. The molecule has 22 heavy (non-hydrogen) atoms. The van der Waals surface area contributed by atoms with Crippen LogP contribution in [0.1, 0.15) is 18.4 Å². The number of halogens is 4. The summed E-state index contributed by atoms with van der Waals surface area (Å²) in [6.07, 6.45) is -3.50. The van der Waals surface area contributed by atoms with Crippen molar-refractivity contribution >= 4 is 10.0 Å². The summed E-state index contributed by atoms with van der Waals surface area (Å²) in [5.41, 5.74) is -1.50. The lowest BCUT2D eigenvalue weighted by Crippen LogP contribution is -2.28. The number of hydrogen-bond donors (Lipinski definition) is 2. The molecule has 0 spiro atoms. The Hall–Kier alpha value is -1.19. The molecule has 0 aromatic heterocycles. The summed E-state index contributed by atoms with van der Waals surface area (Å²) in [4.78, 5) is -0.953. The van der Waals surface area contributed by atoms with Gasteiger partial charge in [0.05, 0.1) is 10.5 Å². The number of rotatable bonds is 5. The van der Waals surface area contributed by atoms with E-state index in [0.29, 0.717) is 24.5 Å². The number of nitrogens with one attached hydrogen (secondary N) is 2. The minimum atomic E-state index is -4.94. The molecular formula is C13H16F4N2O2S. The monoisotopic (exact) mass is 340 g/mol. The SMILES string of the molecule is O=S(=O)(NCCC1CCNC1)c1ccc(F)cc1C(F)(F)F. The summed E-state index contributed by atoms with van der Waals surface area (Å²) in [7, 11) is -4.34. The molecule has 0 aliphatic carbocycles. The van der Waals surface area contributed by atoms with E-state index >= 15 is 0 Å². The van der Waals surface area contributed by atoms with Crippen LogP contribution < -0.4 is 10.0 Å². The van der Waals surface area contributed by atoms with Gasteiger partial charge in [-0.1, -0.05) is 0 Å². The van der Waals surface area contributed by atoms with Crippen LogP contribution in [0.25, 0.3) is 0 Å². The summed E-state index contributed by atoms with van der Waals surface area (Å²) < 4.78 is 77.8. The van der Waals surface area contributed by atoms with E-state index < -0.39 is 32.5 Å². The van der Waals surface area contributed by atoms with E-state index in [-0.39, 0.29) is 12.6 Å². The van der Waals surface area contributed by atoms with Crippen LogP contribution in [0, 0.1) is 11.7 Å². The molecule has 0 saturated carbocycles. The lowest BCUT2D eigenvalue weighted by Gasteiger charge is -2.15. The highest BCUT2D eigenvalue weighted by atomic mass is 32.2. The summed E-state index contributed by atoms with van der Waals surface area (Å²) in [6.45, 7) is 1.67. The van der Waals surface area contributed by atoms with Crippen molar-refractivity contribution in [3.05, 3.63) is 29.6 Å². The van der Waals surface area contributed by atoms with Crippen LogP contribution in [0.3, 0.4) is 0 Å². The second kappa shape index (κ2) is 6.51. The zero-order valence-corrected chi connectivity index (χ0v) is 12.4. The summed E-state index contributed by atoms with van der Waals surface area (Å²) >= 11 is 0. The van der Waals surface area contributed by atoms with Gasteiger partial charge in [-0.05, 0) is 50.0 Å². The second-order valence-electron chi connectivity index (χ2n) is 5.18. The van der Waals surface area contributed by atoms with Crippen LogP contribution in [-0.2, 0) is 16.2 Å². The average molecular weight is 340 g/mol. The zero-order chi connectivity index (χ0) is 16.4. The third-order valence-electron chi connectivity index (χ3n) is 3.54. The summed E-state index contributed by atoms with van der Waals surface area (Å²) in [5, 5.41) is 3.12. The molecule has 0 bridgehead atoms. The topological polar surface area (TPSA) is 58.2 Å². The Morgan fingerprint density at radius 1 is 1.32 bits per heavy atom. The van der Waals surface area contributed by atoms with Crippen LogP contribution in [0.5, 0.6) is 0 Å². The highest BCUT2D eigenvalue weighted by molar-refractivity contribution is 7.89. The lowest BCUT2D eigenvalue weighted by molar-refractivity contribution is -0.140. The predicted octanol–water partition coefficient (Wildman–Crippen LogP) is 2.12. The number of hydrogen-bond acceptors (Lipinski definition) is 3. The van der Waals surface area contributed by atoms with Gasteiger partial charge in [0.1, 0.15) is 5.82 Å². The molecule has 1 heterocycles. The van der Waals surface area contributed by atoms with Crippen LogP contribution in [-0.4, -0.2) is 28.1 Å². The van der Waals surface area contributed by atoms with Crippen molar-refractivity contribution in [2.24, 2.45) is 5.92 Å². The van der Waals surface area contributed by atoms with Gasteiger partial charge in [-0.25, -0.2) is 17.5 Å². The van der Waals surface area contributed by atoms with E-state index in [4.69, 9.17) is 0 Å². The Bertz CT molecular complexity index is 625. The maximum atomic E-state index is 13.0. The van der Waals surface area contributed by atoms with Crippen molar-refractivity contribution in [2.75, 3.05) is 19.6 Å². The van der Waals surface area contributed by atoms with Gasteiger partial charge in [-0.15, -0.1) is 0 Å². The highest BCUT2D eigenvalue weighted by Gasteiger charge is 2.37. The maximum Gasteiger partial charge on any atom is 0.417 e. The van der Waals surface area contributed by atoms with Crippen molar-refractivity contribution in [3.63, 3.8) is 0 Å². The number of sulfonamides is 1. The average Bonchev–Trinajstić information content (AvgIpc) is 2.90. The first-order valence-electron chi connectivity index (χ1n) is 6.77.